The molecule has 1 fully saturated rings. The maximum Gasteiger partial charge on any atom is 0.410 e. The van der Waals surface area contributed by atoms with Crippen molar-refractivity contribution < 1.29 is 14.5 Å². The molecule has 0 spiro atoms. The van der Waals surface area contributed by atoms with Crippen LogP contribution in [0, 0.1) is 17.0 Å². The lowest BCUT2D eigenvalue weighted by Crippen LogP contribution is -2.50. The number of hydrogen-bond donors (Lipinski definition) is 0. The molecule has 23 heavy (non-hydrogen) atoms. The Kier molecular flexibility index (Phi) is 4.77. The van der Waals surface area contributed by atoms with E-state index in [2.05, 4.69) is 0 Å². The highest BCUT2D eigenvalue weighted by atomic mass is 16.6. The Hall–Kier alpha value is -2.31. The van der Waals surface area contributed by atoms with Gasteiger partial charge in [-0.05, 0) is 39.3 Å². The Labute approximate surface area is 136 Å². The maximum absolute atomic E-state index is 12.1. The van der Waals surface area contributed by atoms with E-state index in [1.54, 1.807) is 17.0 Å². The molecule has 1 aromatic rings. The summed E-state index contributed by atoms with van der Waals surface area (Å²) in [6, 6.07) is 5.22. The lowest BCUT2D eigenvalue weighted by molar-refractivity contribution is -0.384. The van der Waals surface area contributed by atoms with E-state index in [0.29, 0.717) is 31.9 Å². The summed E-state index contributed by atoms with van der Waals surface area (Å²) in [4.78, 5) is 26.5. The topological polar surface area (TPSA) is 75.9 Å². The molecule has 7 heteroatoms. The predicted molar refractivity (Wildman–Crippen MR) is 87.9 cm³/mol. The van der Waals surface area contributed by atoms with E-state index in [-0.39, 0.29) is 16.7 Å². The Morgan fingerprint density at radius 2 is 1.83 bits per heavy atom. The number of ether oxygens (including phenoxy) is 1. The molecule has 0 N–H and O–H groups in total. The number of hydrogen-bond acceptors (Lipinski definition) is 5. The molecule has 2 rings (SSSR count). The van der Waals surface area contributed by atoms with Gasteiger partial charge in [0.05, 0.1) is 4.92 Å². The molecule has 0 aromatic heterocycles. The molecule has 1 aliphatic heterocycles. The van der Waals surface area contributed by atoms with E-state index in [1.807, 2.05) is 38.7 Å². The summed E-state index contributed by atoms with van der Waals surface area (Å²) < 4.78 is 5.36. The van der Waals surface area contributed by atoms with Crippen LogP contribution in [0.1, 0.15) is 26.3 Å². The summed E-state index contributed by atoms with van der Waals surface area (Å²) in [6.07, 6.45) is -0.337. The van der Waals surface area contributed by atoms with Crippen LogP contribution in [0.25, 0.3) is 0 Å². The van der Waals surface area contributed by atoms with Gasteiger partial charge in [0.15, 0.2) is 0 Å². The third-order valence-corrected chi connectivity index (χ3v) is 3.60. The van der Waals surface area contributed by atoms with E-state index in [0.717, 1.165) is 5.56 Å². The smallest absolute Gasteiger partial charge is 0.410 e. The lowest BCUT2D eigenvalue weighted by Gasteiger charge is -2.36. The van der Waals surface area contributed by atoms with Crippen LogP contribution in [0.2, 0.25) is 0 Å². The monoisotopic (exact) mass is 321 g/mol. The predicted octanol–water partition coefficient (Wildman–Crippen LogP) is 2.96. The average molecular weight is 321 g/mol. The number of carbonyl (C=O) groups is 1. The van der Waals surface area contributed by atoms with Gasteiger partial charge < -0.3 is 14.5 Å². The first-order valence-corrected chi connectivity index (χ1v) is 7.65. The zero-order valence-electron chi connectivity index (χ0n) is 14.0. The summed E-state index contributed by atoms with van der Waals surface area (Å²) in [5, 5.41) is 11.2. The van der Waals surface area contributed by atoms with E-state index in [9.17, 15) is 14.9 Å². The van der Waals surface area contributed by atoms with Crippen molar-refractivity contribution in [3.63, 3.8) is 0 Å². The van der Waals surface area contributed by atoms with Crippen LogP contribution in [-0.2, 0) is 4.74 Å². The fourth-order valence-corrected chi connectivity index (χ4v) is 2.50. The van der Waals surface area contributed by atoms with Gasteiger partial charge in [-0.25, -0.2) is 4.79 Å². The molecule has 0 bridgehead atoms. The van der Waals surface area contributed by atoms with E-state index >= 15 is 0 Å². The number of aryl methyl sites for hydroxylation is 1. The van der Waals surface area contributed by atoms with E-state index in [4.69, 9.17) is 4.74 Å². The Bertz CT molecular complexity index is 602. The minimum atomic E-state index is -0.524. The zero-order valence-corrected chi connectivity index (χ0v) is 14.0. The van der Waals surface area contributed by atoms with Crippen LogP contribution >= 0.6 is 0 Å². The summed E-state index contributed by atoms with van der Waals surface area (Å²) in [7, 11) is 0. The molecule has 0 atom stereocenters. The highest BCUT2D eigenvalue weighted by Crippen LogP contribution is 2.30. The van der Waals surface area contributed by atoms with Gasteiger partial charge in [0.2, 0.25) is 0 Å². The normalized spacial score (nSPS) is 15.5. The van der Waals surface area contributed by atoms with Crippen molar-refractivity contribution in [2.75, 3.05) is 31.1 Å². The van der Waals surface area contributed by atoms with Crippen LogP contribution in [-0.4, -0.2) is 47.7 Å². The fourth-order valence-electron chi connectivity index (χ4n) is 2.50. The van der Waals surface area contributed by atoms with Gasteiger partial charge in [-0.2, -0.15) is 0 Å². The number of nitro benzene ring substituents is 1. The van der Waals surface area contributed by atoms with Crippen molar-refractivity contribution in [2.45, 2.75) is 33.3 Å². The minimum Gasteiger partial charge on any atom is -0.444 e. The number of anilines is 1. The van der Waals surface area contributed by atoms with Crippen LogP contribution < -0.4 is 4.90 Å². The second kappa shape index (κ2) is 6.44. The molecule has 0 unspecified atom stereocenters. The van der Waals surface area contributed by atoms with Crippen molar-refractivity contribution in [3.05, 3.63) is 33.9 Å². The standard InChI is InChI=1S/C16H23N3O4/c1-12-5-6-13(14(11-12)19(21)22)17-7-9-18(10-8-17)15(20)23-16(2,3)4/h5-6,11H,7-10H2,1-4H3. The second-order valence-corrected chi connectivity index (χ2v) is 6.70. The zero-order chi connectivity index (χ0) is 17.2. The largest absolute Gasteiger partial charge is 0.444 e. The third kappa shape index (κ3) is 4.34. The molecule has 0 saturated carbocycles. The number of nitro groups is 1. The van der Waals surface area contributed by atoms with Gasteiger partial charge in [0.1, 0.15) is 11.3 Å². The Morgan fingerprint density at radius 3 is 2.35 bits per heavy atom. The number of benzene rings is 1. The number of rotatable bonds is 2. The number of piperazine rings is 1. The van der Waals surface area contributed by atoms with Gasteiger partial charge >= 0.3 is 6.09 Å². The van der Waals surface area contributed by atoms with Crippen LogP contribution in [0.4, 0.5) is 16.2 Å². The molecule has 1 aromatic carbocycles. The first kappa shape index (κ1) is 17.1. The van der Waals surface area contributed by atoms with Crippen molar-refractivity contribution >= 4 is 17.5 Å². The fraction of sp³-hybridized carbons (Fsp3) is 0.562. The van der Waals surface area contributed by atoms with Crippen LogP contribution in [0.15, 0.2) is 18.2 Å². The maximum atomic E-state index is 12.1. The first-order chi connectivity index (χ1) is 10.7. The number of amides is 1. The second-order valence-electron chi connectivity index (χ2n) is 6.70. The highest BCUT2D eigenvalue weighted by molar-refractivity contribution is 5.69. The lowest BCUT2D eigenvalue weighted by atomic mass is 10.1. The molecule has 1 heterocycles. The van der Waals surface area contributed by atoms with Gasteiger partial charge in [-0.3, -0.25) is 10.1 Å². The molecule has 126 valence electrons. The van der Waals surface area contributed by atoms with E-state index in [1.165, 1.54) is 0 Å². The molecule has 0 aliphatic carbocycles. The van der Waals surface area contributed by atoms with Crippen molar-refractivity contribution in [1.82, 2.24) is 4.90 Å². The quantitative estimate of drug-likeness (QED) is 0.618. The van der Waals surface area contributed by atoms with Gasteiger partial charge in [0.25, 0.3) is 5.69 Å². The molecular formula is C16H23N3O4. The Morgan fingerprint density at radius 1 is 1.22 bits per heavy atom. The summed E-state index contributed by atoms with van der Waals surface area (Å²) in [5.41, 5.74) is 1.04. The van der Waals surface area contributed by atoms with Crippen molar-refractivity contribution in [3.8, 4) is 0 Å². The molecule has 1 saturated heterocycles. The number of carbonyl (C=O) groups excluding carboxylic acids is 1. The molecule has 7 nitrogen and oxygen atoms in total. The molecule has 0 radical (unpaired) electrons. The summed E-state index contributed by atoms with van der Waals surface area (Å²) >= 11 is 0. The number of nitrogens with zero attached hydrogens (tertiary/aromatic N) is 3. The average Bonchev–Trinajstić information content (AvgIpc) is 2.45. The van der Waals surface area contributed by atoms with Gasteiger partial charge in [-0.15, -0.1) is 0 Å². The van der Waals surface area contributed by atoms with Gasteiger partial charge in [0, 0.05) is 32.2 Å². The van der Waals surface area contributed by atoms with E-state index < -0.39 is 5.60 Å². The van der Waals surface area contributed by atoms with Crippen LogP contribution in [0.3, 0.4) is 0 Å². The van der Waals surface area contributed by atoms with Gasteiger partial charge in [-0.1, -0.05) is 6.07 Å². The summed E-state index contributed by atoms with van der Waals surface area (Å²) in [6.45, 7) is 9.38. The highest BCUT2D eigenvalue weighted by Gasteiger charge is 2.28. The SMILES string of the molecule is Cc1ccc(N2CCN(C(=O)OC(C)(C)C)CC2)c([N+](=O)[O-])c1. The third-order valence-electron chi connectivity index (χ3n) is 3.60. The first-order valence-electron chi connectivity index (χ1n) is 7.65. The molecule has 1 aliphatic rings. The van der Waals surface area contributed by atoms with Crippen LogP contribution in [0.5, 0.6) is 0 Å². The molecular weight excluding hydrogens is 298 g/mol. The summed E-state index contributed by atoms with van der Waals surface area (Å²) in [5.74, 6) is 0. The van der Waals surface area contributed by atoms with Crippen molar-refractivity contribution in [2.24, 2.45) is 0 Å². The Balaban J connectivity index is 2.05. The van der Waals surface area contributed by atoms with Crippen molar-refractivity contribution in [1.29, 1.82) is 0 Å². The minimum absolute atomic E-state index is 0.107. The molecule has 1 amide bonds.